The van der Waals surface area contributed by atoms with Gasteiger partial charge in [-0.2, -0.15) is 8.42 Å². The fraction of sp³-hybridized carbons (Fsp3) is 0.778. The number of nitrogens with one attached hydrogen (secondary N) is 2. The lowest BCUT2D eigenvalue weighted by atomic mass is 10.0. The number of carbonyl (C=O) groups excluding carboxylic acids is 2. The van der Waals surface area contributed by atoms with Gasteiger partial charge in [0.2, 0.25) is 5.91 Å². The topological polar surface area (TPSA) is 166 Å². The van der Waals surface area contributed by atoms with Crippen LogP contribution >= 0.6 is 0 Å². The number of nitrogens with two attached hydrogens (primary N) is 1. The zero-order valence-electron chi connectivity index (χ0n) is 17.1. The number of alkyl carbamates (subject to hydrolysis) is 1. The molecule has 1 unspecified atom stereocenters. The summed E-state index contributed by atoms with van der Waals surface area (Å²) in [5.74, 6) is -0.947. The van der Waals surface area contributed by atoms with Crippen LogP contribution < -0.4 is 16.4 Å². The largest absolute Gasteiger partial charge is 0.446 e. The first kappa shape index (κ1) is 26.3. The van der Waals surface area contributed by atoms with Gasteiger partial charge in [0.05, 0.1) is 26.4 Å². The van der Waals surface area contributed by atoms with E-state index in [1.54, 1.807) is 0 Å². The van der Waals surface area contributed by atoms with E-state index < -0.39 is 33.9 Å². The number of allylic oxidation sites excluding steroid dienone is 2. The highest BCUT2D eigenvalue weighted by Crippen LogP contribution is 2.15. The summed E-state index contributed by atoms with van der Waals surface area (Å²) in [6, 6.07) is 0. The molecular weight excluding hydrogens is 418 g/mol. The first-order valence-electron chi connectivity index (χ1n) is 10.0. The second kappa shape index (κ2) is 15.1. The van der Waals surface area contributed by atoms with Crippen LogP contribution in [0.25, 0.3) is 0 Å². The molecule has 0 fully saturated rings. The van der Waals surface area contributed by atoms with Crippen molar-refractivity contribution >= 4 is 22.1 Å². The van der Waals surface area contributed by atoms with Gasteiger partial charge < -0.3 is 30.6 Å². The van der Waals surface area contributed by atoms with Gasteiger partial charge in [-0.15, -0.1) is 0 Å². The first-order chi connectivity index (χ1) is 14.3. The van der Waals surface area contributed by atoms with Crippen LogP contribution in [0.15, 0.2) is 12.2 Å². The van der Waals surface area contributed by atoms with Crippen LogP contribution in [0.5, 0.6) is 0 Å². The third kappa shape index (κ3) is 12.1. The minimum absolute atomic E-state index is 0.0295. The van der Waals surface area contributed by atoms with Crippen molar-refractivity contribution in [3.63, 3.8) is 0 Å². The number of ether oxygens (including phenoxy) is 3. The molecular formula is C18H33N3O8S. The summed E-state index contributed by atoms with van der Waals surface area (Å²) in [7, 11) is -4.73. The van der Waals surface area contributed by atoms with Crippen molar-refractivity contribution in [1.82, 2.24) is 10.6 Å². The van der Waals surface area contributed by atoms with E-state index in [0.29, 0.717) is 39.2 Å². The number of hydrogen-bond donors (Lipinski definition) is 4. The third-order valence-corrected chi connectivity index (χ3v) is 5.36. The van der Waals surface area contributed by atoms with Crippen LogP contribution in [0.2, 0.25) is 0 Å². The van der Waals surface area contributed by atoms with E-state index in [1.165, 1.54) is 0 Å². The molecule has 12 heteroatoms. The molecule has 1 rings (SSSR count). The van der Waals surface area contributed by atoms with E-state index in [1.807, 2.05) is 6.08 Å². The zero-order valence-corrected chi connectivity index (χ0v) is 17.9. The van der Waals surface area contributed by atoms with E-state index in [4.69, 9.17) is 19.9 Å². The summed E-state index contributed by atoms with van der Waals surface area (Å²) in [4.78, 5) is 24.1. The predicted molar refractivity (Wildman–Crippen MR) is 110 cm³/mol. The third-order valence-electron chi connectivity index (χ3n) is 4.26. The zero-order chi connectivity index (χ0) is 22.2. The molecule has 0 aromatic carbocycles. The molecule has 0 saturated carbocycles. The van der Waals surface area contributed by atoms with Gasteiger partial charge in [0.15, 0.2) is 5.25 Å². The highest BCUT2D eigenvalue weighted by molar-refractivity contribution is 7.87. The van der Waals surface area contributed by atoms with Crippen molar-refractivity contribution in [3.8, 4) is 0 Å². The Labute approximate surface area is 177 Å². The average Bonchev–Trinajstić information content (AvgIpc) is 2.65. The fourth-order valence-corrected chi connectivity index (χ4v) is 3.36. The highest BCUT2D eigenvalue weighted by atomic mass is 32.2. The second-order valence-electron chi connectivity index (χ2n) is 6.70. The van der Waals surface area contributed by atoms with Gasteiger partial charge in [-0.1, -0.05) is 12.2 Å². The Hall–Kier alpha value is -1.73. The maximum Gasteiger partial charge on any atom is 0.407 e. The summed E-state index contributed by atoms with van der Waals surface area (Å²) in [5.41, 5.74) is 5.27. The predicted octanol–water partition coefficient (Wildman–Crippen LogP) is -0.0340. The maximum atomic E-state index is 12.1. The fourth-order valence-electron chi connectivity index (χ4n) is 2.71. The van der Waals surface area contributed by atoms with Gasteiger partial charge in [-0.3, -0.25) is 9.35 Å². The molecule has 1 aliphatic carbocycles. The van der Waals surface area contributed by atoms with E-state index in [0.717, 1.165) is 19.3 Å². The number of rotatable bonds is 13. The monoisotopic (exact) mass is 451 g/mol. The van der Waals surface area contributed by atoms with Crippen molar-refractivity contribution in [2.24, 2.45) is 5.73 Å². The maximum absolute atomic E-state index is 12.1. The number of carbonyl (C=O) groups is 2. The molecule has 0 aliphatic heterocycles. The van der Waals surface area contributed by atoms with Crippen molar-refractivity contribution < 1.29 is 36.8 Å². The molecule has 11 nitrogen and oxygen atoms in total. The van der Waals surface area contributed by atoms with Crippen molar-refractivity contribution in [1.29, 1.82) is 0 Å². The first-order valence-corrected chi connectivity index (χ1v) is 11.5. The summed E-state index contributed by atoms with van der Waals surface area (Å²) < 4.78 is 48.0. The molecule has 30 heavy (non-hydrogen) atoms. The Bertz CT molecular complexity index is 641. The van der Waals surface area contributed by atoms with Crippen LogP contribution in [0.1, 0.15) is 32.1 Å². The molecule has 0 spiro atoms. The van der Waals surface area contributed by atoms with Gasteiger partial charge >= 0.3 is 6.09 Å². The molecule has 0 radical (unpaired) electrons. The van der Waals surface area contributed by atoms with Gasteiger partial charge in [0.25, 0.3) is 10.1 Å². The lowest BCUT2D eigenvalue weighted by Crippen LogP contribution is -2.48. The average molecular weight is 452 g/mol. The molecule has 0 aromatic rings. The summed E-state index contributed by atoms with van der Waals surface area (Å²) in [6.07, 6.45) is 6.97. The van der Waals surface area contributed by atoms with Gasteiger partial charge in [0, 0.05) is 19.6 Å². The van der Waals surface area contributed by atoms with Crippen LogP contribution in [-0.2, 0) is 29.1 Å². The lowest BCUT2D eigenvalue weighted by molar-refractivity contribution is -0.120. The number of hydrogen-bond acceptors (Lipinski definition) is 8. The van der Waals surface area contributed by atoms with Crippen LogP contribution in [-0.4, -0.2) is 82.4 Å². The van der Waals surface area contributed by atoms with Crippen LogP contribution in [0, 0.1) is 0 Å². The Morgan fingerprint density at radius 1 is 1.07 bits per heavy atom. The standard InChI is InChI=1S/C18H33N3O8S/c19-8-10-27-12-13-28-11-9-20-17(22)16(30(24,25)26)14-21-18(23)29-15-6-4-2-1-3-5-7-15/h1-2,15-16H,3-14,19H2,(H,20,22)(H,21,23)(H,24,25,26)/b2-1+/t15-,16?/m0/s1. The summed E-state index contributed by atoms with van der Waals surface area (Å²) in [5, 5.41) is 2.75. The van der Waals surface area contributed by atoms with Gasteiger partial charge in [-0.25, -0.2) is 4.79 Å². The van der Waals surface area contributed by atoms with Crippen LogP contribution in [0.3, 0.4) is 0 Å². The van der Waals surface area contributed by atoms with Crippen molar-refractivity contribution in [3.05, 3.63) is 12.2 Å². The lowest BCUT2D eigenvalue weighted by Gasteiger charge is -2.20. The molecule has 0 heterocycles. The number of amides is 2. The molecule has 0 saturated heterocycles. The molecule has 0 aromatic heterocycles. The Balaban J connectivity index is 2.35. The second-order valence-corrected chi connectivity index (χ2v) is 8.29. The molecule has 2 atom stereocenters. The van der Waals surface area contributed by atoms with E-state index in [2.05, 4.69) is 16.7 Å². The Kier molecular flexibility index (Phi) is 13.3. The van der Waals surface area contributed by atoms with Crippen molar-refractivity contribution in [2.75, 3.05) is 46.1 Å². The normalized spacial score (nSPS) is 19.2. The van der Waals surface area contributed by atoms with Crippen LogP contribution in [0.4, 0.5) is 4.79 Å². The van der Waals surface area contributed by atoms with E-state index in [-0.39, 0.29) is 19.3 Å². The molecule has 174 valence electrons. The summed E-state index contributed by atoms with van der Waals surface area (Å²) >= 11 is 0. The summed E-state index contributed by atoms with van der Waals surface area (Å²) in [6.45, 7) is 1.02. The Morgan fingerprint density at radius 2 is 1.77 bits per heavy atom. The van der Waals surface area contributed by atoms with Crippen molar-refractivity contribution in [2.45, 2.75) is 43.5 Å². The minimum Gasteiger partial charge on any atom is -0.446 e. The van der Waals surface area contributed by atoms with Gasteiger partial charge in [-0.05, 0) is 32.1 Å². The van der Waals surface area contributed by atoms with E-state index >= 15 is 0 Å². The highest BCUT2D eigenvalue weighted by Gasteiger charge is 2.31. The Morgan fingerprint density at radius 3 is 2.47 bits per heavy atom. The molecule has 0 bridgehead atoms. The smallest absolute Gasteiger partial charge is 0.407 e. The molecule has 2 amide bonds. The van der Waals surface area contributed by atoms with Gasteiger partial charge in [0.1, 0.15) is 6.10 Å². The molecule has 1 aliphatic rings. The quantitative estimate of drug-likeness (QED) is 0.171. The molecule has 5 N–H and O–H groups in total. The minimum atomic E-state index is -4.73. The SMILES string of the molecule is NCCOCCOCCNC(=O)C(CNC(=O)O[C@H]1CC/C=C/CCC1)S(=O)(=O)O. The van der Waals surface area contributed by atoms with E-state index in [9.17, 15) is 22.6 Å².